The van der Waals surface area contributed by atoms with Crippen LogP contribution in [0.5, 0.6) is 0 Å². The Hall–Kier alpha value is -2.28. The molecule has 20 heavy (non-hydrogen) atoms. The fourth-order valence-electron chi connectivity index (χ4n) is 1.72. The maximum Gasteiger partial charge on any atom is 0.290 e. The number of thiophene rings is 1. The van der Waals surface area contributed by atoms with Crippen LogP contribution in [0.3, 0.4) is 0 Å². The van der Waals surface area contributed by atoms with Gasteiger partial charge in [0.25, 0.3) is 5.69 Å². The minimum Gasteiger partial charge on any atom is -0.310 e. The summed E-state index contributed by atoms with van der Waals surface area (Å²) < 4.78 is 0. The van der Waals surface area contributed by atoms with Crippen LogP contribution in [0.2, 0.25) is 0 Å². The molecule has 0 saturated carbocycles. The van der Waals surface area contributed by atoms with Crippen LogP contribution in [0.4, 0.5) is 11.5 Å². The number of pyridine rings is 1. The van der Waals surface area contributed by atoms with E-state index in [-0.39, 0.29) is 23.2 Å². The van der Waals surface area contributed by atoms with Crippen LogP contribution >= 0.6 is 11.3 Å². The Morgan fingerprint density at radius 2 is 2.20 bits per heavy atom. The van der Waals surface area contributed by atoms with E-state index in [1.54, 1.807) is 6.92 Å². The molecule has 0 spiro atoms. The summed E-state index contributed by atoms with van der Waals surface area (Å²) in [6, 6.07) is 6.55. The highest BCUT2D eigenvalue weighted by Gasteiger charge is 2.18. The Morgan fingerprint density at radius 1 is 1.45 bits per heavy atom. The molecule has 2 aromatic rings. The first-order valence-electron chi connectivity index (χ1n) is 5.95. The smallest absolute Gasteiger partial charge is 0.290 e. The number of nitrogens with one attached hydrogen (secondary N) is 1. The van der Waals surface area contributed by atoms with E-state index in [2.05, 4.69) is 10.3 Å². The lowest BCUT2D eigenvalue weighted by Crippen LogP contribution is -2.19. The summed E-state index contributed by atoms with van der Waals surface area (Å²) in [5, 5.41) is 15.3. The molecule has 0 radical (unpaired) electrons. The van der Waals surface area contributed by atoms with Crippen molar-refractivity contribution in [3.8, 4) is 0 Å². The fourth-order valence-corrected chi connectivity index (χ4v) is 2.50. The molecule has 0 bridgehead atoms. The van der Waals surface area contributed by atoms with Gasteiger partial charge in [0.2, 0.25) is 5.91 Å². The van der Waals surface area contributed by atoms with Crippen LogP contribution in [0.1, 0.15) is 23.4 Å². The predicted molar refractivity (Wildman–Crippen MR) is 77.0 cm³/mol. The van der Waals surface area contributed by atoms with Crippen molar-refractivity contribution in [3.05, 3.63) is 50.3 Å². The Labute approximate surface area is 119 Å². The zero-order valence-corrected chi connectivity index (χ0v) is 11.8. The highest BCUT2D eigenvalue weighted by molar-refractivity contribution is 7.10. The van der Waals surface area contributed by atoms with E-state index in [1.807, 2.05) is 17.5 Å². The second-order valence-corrected chi connectivity index (χ2v) is 5.26. The lowest BCUT2D eigenvalue weighted by atomic mass is 10.1. The number of carbonyl (C=O) groups excluding carboxylic acids is 1. The molecule has 6 nitrogen and oxygen atoms in total. The summed E-state index contributed by atoms with van der Waals surface area (Å²) in [5.74, 6) is -0.151. The van der Waals surface area contributed by atoms with Crippen molar-refractivity contribution in [2.24, 2.45) is 0 Å². The van der Waals surface area contributed by atoms with Gasteiger partial charge in [-0.15, -0.1) is 11.3 Å². The van der Waals surface area contributed by atoms with Crippen molar-refractivity contribution in [2.75, 3.05) is 5.32 Å². The number of aromatic nitrogens is 1. The summed E-state index contributed by atoms with van der Waals surface area (Å²) in [4.78, 5) is 27.3. The third-order valence-electron chi connectivity index (χ3n) is 2.87. The van der Waals surface area contributed by atoms with E-state index in [4.69, 9.17) is 0 Å². The SMILES string of the molecule is Cc1nc(NC(=O)C(C)c2cccs2)ccc1[N+](=O)[O-]. The molecular weight excluding hydrogens is 278 g/mol. The molecular formula is C13H13N3O3S. The molecule has 104 valence electrons. The number of anilines is 1. The minimum atomic E-state index is -0.498. The predicted octanol–water partition coefficient (Wildman–Crippen LogP) is 3.10. The quantitative estimate of drug-likeness (QED) is 0.692. The first-order chi connectivity index (χ1) is 9.49. The molecule has 1 unspecified atom stereocenters. The number of hydrogen-bond acceptors (Lipinski definition) is 5. The van der Waals surface area contributed by atoms with Crippen molar-refractivity contribution in [1.82, 2.24) is 4.98 Å². The summed E-state index contributed by atoms with van der Waals surface area (Å²) in [5.41, 5.74) is 0.214. The zero-order valence-electron chi connectivity index (χ0n) is 11.0. The summed E-state index contributed by atoms with van der Waals surface area (Å²) in [7, 11) is 0. The summed E-state index contributed by atoms with van der Waals surface area (Å²) in [6.07, 6.45) is 0. The summed E-state index contributed by atoms with van der Waals surface area (Å²) >= 11 is 1.51. The second kappa shape index (κ2) is 5.79. The molecule has 0 aliphatic carbocycles. The van der Waals surface area contributed by atoms with E-state index in [1.165, 1.54) is 30.4 Å². The van der Waals surface area contributed by atoms with Crippen LogP contribution in [-0.2, 0) is 4.79 Å². The number of nitro groups is 1. The number of carbonyl (C=O) groups is 1. The standard InChI is InChI=1S/C13H13N3O3S/c1-8(11-4-3-7-20-11)13(17)15-12-6-5-10(16(18)19)9(2)14-12/h3-8H,1-2H3,(H,14,15,17). The molecule has 0 fully saturated rings. The second-order valence-electron chi connectivity index (χ2n) is 4.28. The molecule has 0 aliphatic heterocycles. The average Bonchev–Trinajstić information content (AvgIpc) is 2.91. The van der Waals surface area contributed by atoms with E-state index < -0.39 is 4.92 Å². The normalized spacial score (nSPS) is 11.9. The highest BCUT2D eigenvalue weighted by Crippen LogP contribution is 2.23. The molecule has 2 rings (SSSR count). The minimum absolute atomic E-state index is 0.0608. The zero-order chi connectivity index (χ0) is 14.7. The molecule has 1 N–H and O–H groups in total. The fraction of sp³-hybridized carbons (Fsp3) is 0.231. The molecule has 2 aromatic heterocycles. The van der Waals surface area contributed by atoms with Crippen molar-refractivity contribution in [1.29, 1.82) is 0 Å². The van der Waals surface area contributed by atoms with Gasteiger partial charge in [0, 0.05) is 10.9 Å². The van der Waals surface area contributed by atoms with E-state index in [0.717, 1.165) is 4.88 Å². The lowest BCUT2D eigenvalue weighted by molar-refractivity contribution is -0.385. The number of nitrogens with zero attached hydrogens (tertiary/aromatic N) is 2. The van der Waals surface area contributed by atoms with Crippen molar-refractivity contribution < 1.29 is 9.72 Å². The molecule has 1 amide bonds. The van der Waals surface area contributed by atoms with E-state index in [0.29, 0.717) is 5.82 Å². The van der Waals surface area contributed by atoms with Crippen LogP contribution in [-0.4, -0.2) is 15.8 Å². The largest absolute Gasteiger partial charge is 0.310 e. The van der Waals surface area contributed by atoms with Crippen LogP contribution in [0.15, 0.2) is 29.6 Å². The van der Waals surface area contributed by atoms with Gasteiger partial charge in [0.15, 0.2) is 0 Å². The van der Waals surface area contributed by atoms with E-state index in [9.17, 15) is 14.9 Å². The number of hydrogen-bond donors (Lipinski definition) is 1. The third-order valence-corrected chi connectivity index (χ3v) is 3.92. The van der Waals surface area contributed by atoms with Gasteiger partial charge >= 0.3 is 0 Å². The van der Waals surface area contributed by atoms with Gasteiger partial charge < -0.3 is 5.32 Å². The molecule has 0 aliphatic rings. The van der Waals surface area contributed by atoms with Gasteiger partial charge in [-0.1, -0.05) is 6.07 Å². The molecule has 0 aromatic carbocycles. The number of rotatable bonds is 4. The Morgan fingerprint density at radius 3 is 2.75 bits per heavy atom. The highest BCUT2D eigenvalue weighted by atomic mass is 32.1. The van der Waals surface area contributed by atoms with Gasteiger partial charge in [-0.05, 0) is 31.4 Å². The maximum atomic E-state index is 12.1. The molecule has 7 heteroatoms. The Kier molecular flexibility index (Phi) is 4.09. The number of amides is 1. The Balaban J connectivity index is 2.12. The van der Waals surface area contributed by atoms with Crippen molar-refractivity contribution in [2.45, 2.75) is 19.8 Å². The van der Waals surface area contributed by atoms with Crippen molar-refractivity contribution in [3.63, 3.8) is 0 Å². The third kappa shape index (κ3) is 3.00. The molecule has 0 saturated heterocycles. The lowest BCUT2D eigenvalue weighted by Gasteiger charge is -2.10. The first-order valence-corrected chi connectivity index (χ1v) is 6.83. The summed E-state index contributed by atoms with van der Waals surface area (Å²) in [6.45, 7) is 3.34. The van der Waals surface area contributed by atoms with Crippen molar-refractivity contribution >= 4 is 28.7 Å². The molecule has 2 heterocycles. The van der Waals surface area contributed by atoms with Gasteiger partial charge in [0.1, 0.15) is 11.5 Å². The van der Waals surface area contributed by atoms with Crippen LogP contribution < -0.4 is 5.32 Å². The van der Waals surface area contributed by atoms with Gasteiger partial charge in [0.05, 0.1) is 10.8 Å². The molecule has 1 atom stereocenters. The Bertz CT molecular complexity index is 640. The maximum absolute atomic E-state index is 12.1. The topological polar surface area (TPSA) is 85.1 Å². The monoisotopic (exact) mass is 291 g/mol. The van der Waals surface area contributed by atoms with Crippen LogP contribution in [0, 0.1) is 17.0 Å². The number of aryl methyl sites for hydroxylation is 1. The van der Waals surface area contributed by atoms with E-state index >= 15 is 0 Å². The van der Waals surface area contributed by atoms with Gasteiger partial charge in [-0.25, -0.2) is 4.98 Å². The average molecular weight is 291 g/mol. The van der Waals surface area contributed by atoms with Gasteiger partial charge in [-0.3, -0.25) is 14.9 Å². The first kappa shape index (κ1) is 14.1. The van der Waals surface area contributed by atoms with Gasteiger partial charge in [-0.2, -0.15) is 0 Å². The van der Waals surface area contributed by atoms with Crippen LogP contribution in [0.25, 0.3) is 0 Å².